The number of aryl methyl sites for hydroxylation is 1. The molecule has 76 valence electrons. The maximum atomic E-state index is 10.1. The normalized spacial score (nSPS) is 10.4. The van der Waals surface area contributed by atoms with Crippen LogP contribution in [0.25, 0.3) is 0 Å². The molecule has 0 N–H and O–H groups in total. The Morgan fingerprint density at radius 1 is 1.64 bits per heavy atom. The van der Waals surface area contributed by atoms with Gasteiger partial charge in [0.15, 0.2) is 5.82 Å². The van der Waals surface area contributed by atoms with Gasteiger partial charge in [-0.25, -0.2) is 9.48 Å². The fourth-order valence-corrected chi connectivity index (χ4v) is 1.50. The van der Waals surface area contributed by atoms with Gasteiger partial charge in [-0.2, -0.15) is 5.10 Å². The summed E-state index contributed by atoms with van der Waals surface area (Å²) in [5, 5.41) is 4.63. The van der Waals surface area contributed by atoms with Gasteiger partial charge in [0.05, 0.1) is 5.69 Å². The van der Waals surface area contributed by atoms with Crippen LogP contribution in [0.4, 0.5) is 5.82 Å². The summed E-state index contributed by atoms with van der Waals surface area (Å²) in [5.74, 6) is 0.841. The maximum absolute atomic E-state index is 10.1. The Morgan fingerprint density at radius 2 is 2.29 bits per heavy atom. The molecule has 1 aromatic rings. The van der Waals surface area contributed by atoms with Gasteiger partial charge in [-0.15, -0.1) is 4.99 Å². The SMILES string of the molecule is CC(C)Cc1nn(C)c(N=C=O)c1Cl. The lowest BCUT2D eigenvalue weighted by molar-refractivity contribution is 0.564. The molecule has 0 saturated heterocycles. The smallest absolute Gasteiger partial charge is 0.242 e. The standard InChI is InChI=1S/C9H12ClN3O/c1-6(2)4-7-8(10)9(11-5-14)13(3)12-7/h6H,4H2,1-3H3. The van der Waals surface area contributed by atoms with Crippen molar-refractivity contribution < 1.29 is 4.79 Å². The third-order valence-corrected chi connectivity index (χ3v) is 2.17. The summed E-state index contributed by atoms with van der Waals surface area (Å²) in [6, 6.07) is 0. The Balaban J connectivity index is 3.10. The summed E-state index contributed by atoms with van der Waals surface area (Å²) in [6.07, 6.45) is 2.24. The largest absolute Gasteiger partial charge is 0.249 e. The summed E-state index contributed by atoms with van der Waals surface area (Å²) in [6.45, 7) is 4.15. The zero-order chi connectivity index (χ0) is 10.7. The average Bonchev–Trinajstić information content (AvgIpc) is 2.32. The van der Waals surface area contributed by atoms with Gasteiger partial charge in [0.1, 0.15) is 5.02 Å². The Bertz CT molecular complexity index is 378. The summed E-state index contributed by atoms with van der Waals surface area (Å²) in [4.78, 5) is 13.6. The monoisotopic (exact) mass is 213 g/mol. The summed E-state index contributed by atoms with van der Waals surface area (Å²) in [7, 11) is 1.70. The van der Waals surface area contributed by atoms with Crippen LogP contribution in [0.2, 0.25) is 5.02 Å². The quantitative estimate of drug-likeness (QED) is 0.571. The number of nitrogens with zero attached hydrogens (tertiary/aromatic N) is 3. The molecular weight excluding hydrogens is 202 g/mol. The van der Waals surface area contributed by atoms with Crippen LogP contribution in [0.3, 0.4) is 0 Å². The molecular formula is C9H12ClN3O. The highest BCUT2D eigenvalue weighted by Gasteiger charge is 2.14. The van der Waals surface area contributed by atoms with Gasteiger partial charge < -0.3 is 0 Å². The van der Waals surface area contributed by atoms with E-state index in [9.17, 15) is 4.79 Å². The van der Waals surface area contributed by atoms with Crippen molar-refractivity contribution in [1.82, 2.24) is 9.78 Å². The lowest BCUT2D eigenvalue weighted by Gasteiger charge is -1.99. The Hall–Kier alpha value is -1.12. The highest BCUT2D eigenvalue weighted by molar-refractivity contribution is 6.33. The third-order valence-electron chi connectivity index (χ3n) is 1.78. The first-order valence-corrected chi connectivity index (χ1v) is 4.73. The van der Waals surface area contributed by atoms with E-state index in [1.807, 2.05) is 0 Å². The van der Waals surface area contributed by atoms with Crippen molar-refractivity contribution in [3.63, 3.8) is 0 Å². The van der Waals surface area contributed by atoms with Crippen LogP contribution in [0, 0.1) is 5.92 Å². The third kappa shape index (κ3) is 2.22. The second kappa shape index (κ2) is 4.40. The van der Waals surface area contributed by atoms with Crippen molar-refractivity contribution in [2.24, 2.45) is 18.0 Å². The molecule has 1 rings (SSSR count). The molecule has 4 nitrogen and oxygen atoms in total. The number of hydrogen-bond donors (Lipinski definition) is 0. The molecule has 0 spiro atoms. The van der Waals surface area contributed by atoms with Crippen LogP contribution in [0.15, 0.2) is 4.99 Å². The van der Waals surface area contributed by atoms with E-state index in [1.165, 1.54) is 10.8 Å². The molecule has 14 heavy (non-hydrogen) atoms. The van der Waals surface area contributed by atoms with Crippen LogP contribution in [0.5, 0.6) is 0 Å². The molecule has 1 aromatic heterocycles. The minimum absolute atomic E-state index is 0.373. The number of isocyanates is 1. The molecule has 0 radical (unpaired) electrons. The maximum Gasteiger partial charge on any atom is 0.242 e. The van der Waals surface area contributed by atoms with E-state index in [4.69, 9.17) is 11.6 Å². The van der Waals surface area contributed by atoms with Crippen LogP contribution in [-0.4, -0.2) is 15.9 Å². The van der Waals surface area contributed by atoms with Crippen molar-refractivity contribution in [3.05, 3.63) is 10.7 Å². The summed E-state index contributed by atoms with van der Waals surface area (Å²) >= 11 is 6.00. The molecule has 5 heteroatoms. The van der Waals surface area contributed by atoms with Crippen molar-refractivity contribution in [2.45, 2.75) is 20.3 Å². The summed E-state index contributed by atoms with van der Waals surface area (Å²) < 4.78 is 1.49. The fraction of sp³-hybridized carbons (Fsp3) is 0.556. The molecule has 0 aliphatic carbocycles. The first-order valence-electron chi connectivity index (χ1n) is 4.35. The molecule has 0 atom stereocenters. The number of aliphatic imine (C=N–C) groups is 1. The Morgan fingerprint density at radius 3 is 2.79 bits per heavy atom. The van der Waals surface area contributed by atoms with E-state index in [1.54, 1.807) is 7.05 Å². The molecule has 0 saturated carbocycles. The highest BCUT2D eigenvalue weighted by Crippen LogP contribution is 2.28. The molecule has 0 unspecified atom stereocenters. The molecule has 1 heterocycles. The average molecular weight is 214 g/mol. The molecule has 0 amide bonds. The fourth-order valence-electron chi connectivity index (χ4n) is 1.23. The molecule has 0 aromatic carbocycles. The predicted molar refractivity (Wildman–Crippen MR) is 54.5 cm³/mol. The van der Waals surface area contributed by atoms with Crippen molar-refractivity contribution in [2.75, 3.05) is 0 Å². The number of rotatable bonds is 3. The highest BCUT2D eigenvalue weighted by atomic mass is 35.5. The van der Waals surface area contributed by atoms with Gasteiger partial charge >= 0.3 is 0 Å². The number of halogens is 1. The van der Waals surface area contributed by atoms with Gasteiger partial charge in [-0.3, -0.25) is 0 Å². The second-order valence-corrected chi connectivity index (χ2v) is 3.89. The zero-order valence-corrected chi connectivity index (χ0v) is 9.17. The number of aromatic nitrogens is 2. The van der Waals surface area contributed by atoms with Crippen LogP contribution in [-0.2, 0) is 18.3 Å². The van der Waals surface area contributed by atoms with E-state index in [2.05, 4.69) is 23.9 Å². The molecule has 0 bridgehead atoms. The first kappa shape index (κ1) is 11.0. The van der Waals surface area contributed by atoms with Gasteiger partial charge in [0.2, 0.25) is 6.08 Å². The van der Waals surface area contributed by atoms with E-state index in [0.29, 0.717) is 16.8 Å². The van der Waals surface area contributed by atoms with Gasteiger partial charge in [0.25, 0.3) is 0 Å². The lowest BCUT2D eigenvalue weighted by Crippen LogP contribution is -1.97. The van der Waals surface area contributed by atoms with E-state index in [0.717, 1.165) is 12.1 Å². The predicted octanol–water partition coefficient (Wildman–Crippen LogP) is 2.24. The number of carbonyl (C=O) groups excluding carboxylic acids is 1. The zero-order valence-electron chi connectivity index (χ0n) is 8.41. The van der Waals surface area contributed by atoms with Gasteiger partial charge in [0, 0.05) is 7.05 Å². The van der Waals surface area contributed by atoms with Crippen molar-refractivity contribution >= 4 is 23.5 Å². The van der Waals surface area contributed by atoms with Gasteiger partial charge in [-0.05, 0) is 12.3 Å². The summed E-state index contributed by atoms with van der Waals surface area (Å²) in [5.41, 5.74) is 0.776. The van der Waals surface area contributed by atoms with Crippen molar-refractivity contribution in [3.8, 4) is 0 Å². The second-order valence-electron chi connectivity index (χ2n) is 3.51. The van der Waals surface area contributed by atoms with Crippen LogP contribution < -0.4 is 0 Å². The van der Waals surface area contributed by atoms with Crippen molar-refractivity contribution in [1.29, 1.82) is 0 Å². The number of hydrogen-bond acceptors (Lipinski definition) is 3. The first-order chi connectivity index (χ1) is 6.56. The van der Waals surface area contributed by atoms with E-state index < -0.39 is 0 Å². The molecule has 0 aliphatic heterocycles. The van der Waals surface area contributed by atoms with Gasteiger partial charge in [-0.1, -0.05) is 25.4 Å². The topological polar surface area (TPSA) is 47.2 Å². The minimum atomic E-state index is 0.373. The lowest BCUT2D eigenvalue weighted by atomic mass is 10.1. The van der Waals surface area contributed by atoms with E-state index in [-0.39, 0.29) is 0 Å². The Labute approximate surface area is 87.6 Å². The molecule has 0 aliphatic rings. The van der Waals surface area contributed by atoms with Crippen LogP contribution in [0.1, 0.15) is 19.5 Å². The Kier molecular flexibility index (Phi) is 3.44. The molecule has 0 fully saturated rings. The van der Waals surface area contributed by atoms with Crippen LogP contribution >= 0.6 is 11.6 Å². The van der Waals surface area contributed by atoms with E-state index >= 15 is 0 Å². The minimum Gasteiger partial charge on any atom is -0.249 e.